The number of hydrogen-bond acceptors (Lipinski definition) is 3. The number of halogens is 3. The van der Waals surface area contributed by atoms with Crippen LogP contribution in [-0.2, 0) is 10.9 Å². The molecule has 112 valence electrons. The lowest BCUT2D eigenvalue weighted by Crippen LogP contribution is -2.23. The highest BCUT2D eigenvalue weighted by molar-refractivity contribution is 5.55. The highest BCUT2D eigenvalue weighted by Gasteiger charge is 2.34. The van der Waals surface area contributed by atoms with E-state index < -0.39 is 11.7 Å². The first-order valence-corrected chi connectivity index (χ1v) is 6.57. The van der Waals surface area contributed by atoms with Crippen LogP contribution >= 0.6 is 0 Å². The van der Waals surface area contributed by atoms with Crippen LogP contribution in [0, 0.1) is 5.92 Å². The first kappa shape index (κ1) is 15.0. The van der Waals surface area contributed by atoms with Gasteiger partial charge in [-0.05, 0) is 37.0 Å². The summed E-state index contributed by atoms with van der Waals surface area (Å²) in [6, 6.07) is 3.97. The maximum atomic E-state index is 13.0. The lowest BCUT2D eigenvalue weighted by atomic mass is 10.00. The Labute approximate surface area is 116 Å². The van der Waals surface area contributed by atoms with Crippen molar-refractivity contribution in [1.82, 2.24) is 0 Å². The van der Waals surface area contributed by atoms with Crippen molar-refractivity contribution in [1.29, 1.82) is 0 Å². The first-order valence-electron chi connectivity index (χ1n) is 6.57. The SMILES string of the molecule is COc1ccc(NCC2CCOCC2)c(C(F)(F)F)c1. The lowest BCUT2D eigenvalue weighted by molar-refractivity contribution is -0.137. The molecule has 0 spiro atoms. The van der Waals surface area contributed by atoms with Crippen LogP contribution in [-0.4, -0.2) is 26.9 Å². The van der Waals surface area contributed by atoms with E-state index in [1.165, 1.54) is 19.2 Å². The second kappa shape index (κ2) is 6.35. The van der Waals surface area contributed by atoms with Gasteiger partial charge in [0, 0.05) is 25.4 Å². The minimum absolute atomic E-state index is 0.102. The number of methoxy groups -OCH3 is 1. The average Bonchev–Trinajstić information content (AvgIpc) is 2.45. The summed E-state index contributed by atoms with van der Waals surface area (Å²) in [6.07, 6.45) is -2.64. The van der Waals surface area contributed by atoms with Crippen LogP contribution in [0.5, 0.6) is 5.75 Å². The fourth-order valence-electron chi connectivity index (χ4n) is 2.24. The molecule has 2 rings (SSSR count). The highest BCUT2D eigenvalue weighted by atomic mass is 19.4. The summed E-state index contributed by atoms with van der Waals surface area (Å²) in [5.41, 5.74) is -0.589. The van der Waals surface area contributed by atoms with Crippen molar-refractivity contribution in [3.63, 3.8) is 0 Å². The molecule has 1 fully saturated rings. The smallest absolute Gasteiger partial charge is 0.418 e. The van der Waals surface area contributed by atoms with Gasteiger partial charge in [-0.2, -0.15) is 13.2 Å². The Balaban J connectivity index is 2.09. The van der Waals surface area contributed by atoms with Crippen LogP contribution in [0.25, 0.3) is 0 Å². The van der Waals surface area contributed by atoms with Crippen molar-refractivity contribution in [3.05, 3.63) is 23.8 Å². The number of rotatable bonds is 4. The van der Waals surface area contributed by atoms with E-state index in [0.29, 0.717) is 25.7 Å². The van der Waals surface area contributed by atoms with Gasteiger partial charge in [0.2, 0.25) is 0 Å². The molecule has 1 saturated heterocycles. The standard InChI is InChI=1S/C14H18F3NO2/c1-19-11-2-3-13(12(8-11)14(15,16)17)18-9-10-4-6-20-7-5-10/h2-3,8,10,18H,4-7,9H2,1H3. The Morgan fingerprint density at radius 3 is 2.60 bits per heavy atom. The molecule has 0 bridgehead atoms. The van der Waals surface area contributed by atoms with Crippen molar-refractivity contribution < 1.29 is 22.6 Å². The van der Waals surface area contributed by atoms with Crippen LogP contribution in [0.2, 0.25) is 0 Å². The molecule has 0 aromatic heterocycles. The summed E-state index contributed by atoms with van der Waals surface area (Å²) in [5.74, 6) is 0.556. The van der Waals surface area contributed by atoms with Crippen molar-refractivity contribution in [2.75, 3.05) is 32.2 Å². The topological polar surface area (TPSA) is 30.5 Å². The Kier molecular flexibility index (Phi) is 4.75. The Morgan fingerprint density at radius 2 is 2.00 bits per heavy atom. The molecule has 0 radical (unpaired) electrons. The van der Waals surface area contributed by atoms with E-state index in [9.17, 15) is 13.2 Å². The van der Waals surface area contributed by atoms with Gasteiger partial charge in [-0.15, -0.1) is 0 Å². The number of benzene rings is 1. The molecule has 0 unspecified atom stereocenters. The monoisotopic (exact) mass is 289 g/mol. The van der Waals surface area contributed by atoms with E-state index in [2.05, 4.69) is 5.32 Å². The van der Waals surface area contributed by atoms with Gasteiger partial charge < -0.3 is 14.8 Å². The van der Waals surface area contributed by atoms with Crippen LogP contribution in [0.1, 0.15) is 18.4 Å². The van der Waals surface area contributed by atoms with E-state index in [0.717, 1.165) is 18.9 Å². The fraction of sp³-hybridized carbons (Fsp3) is 0.571. The third-order valence-electron chi connectivity index (χ3n) is 3.45. The van der Waals surface area contributed by atoms with Gasteiger partial charge in [-0.1, -0.05) is 0 Å². The largest absolute Gasteiger partial charge is 0.497 e. The minimum Gasteiger partial charge on any atom is -0.497 e. The molecular formula is C14H18F3NO2. The van der Waals surface area contributed by atoms with Crippen molar-refractivity contribution in [2.45, 2.75) is 19.0 Å². The molecule has 0 amide bonds. The number of anilines is 1. The maximum absolute atomic E-state index is 13.0. The zero-order valence-corrected chi connectivity index (χ0v) is 11.3. The molecule has 1 aromatic carbocycles. The normalized spacial score (nSPS) is 17.0. The molecule has 0 atom stereocenters. The number of nitrogens with one attached hydrogen (secondary N) is 1. The minimum atomic E-state index is -4.40. The molecule has 1 aliphatic heterocycles. The second-order valence-corrected chi connectivity index (χ2v) is 4.85. The average molecular weight is 289 g/mol. The van der Waals surface area contributed by atoms with Crippen LogP contribution in [0.4, 0.5) is 18.9 Å². The second-order valence-electron chi connectivity index (χ2n) is 4.85. The van der Waals surface area contributed by atoms with Gasteiger partial charge in [-0.3, -0.25) is 0 Å². The van der Waals surface area contributed by atoms with E-state index >= 15 is 0 Å². The fourth-order valence-corrected chi connectivity index (χ4v) is 2.24. The first-order chi connectivity index (χ1) is 9.50. The zero-order valence-electron chi connectivity index (χ0n) is 11.3. The molecule has 1 N–H and O–H groups in total. The summed E-state index contributed by atoms with van der Waals surface area (Å²) in [4.78, 5) is 0. The highest BCUT2D eigenvalue weighted by Crippen LogP contribution is 2.37. The molecule has 0 saturated carbocycles. The van der Waals surface area contributed by atoms with Gasteiger partial charge in [0.05, 0.1) is 12.7 Å². The van der Waals surface area contributed by atoms with Gasteiger partial charge in [0.1, 0.15) is 5.75 Å². The number of alkyl halides is 3. The van der Waals surface area contributed by atoms with Crippen molar-refractivity contribution in [3.8, 4) is 5.75 Å². The summed E-state index contributed by atoms with van der Waals surface area (Å²) >= 11 is 0. The predicted octanol–water partition coefficient (Wildman–Crippen LogP) is 3.55. The van der Waals surface area contributed by atoms with E-state index in [1.807, 2.05) is 0 Å². The molecule has 6 heteroatoms. The van der Waals surface area contributed by atoms with Crippen LogP contribution in [0.3, 0.4) is 0 Å². The van der Waals surface area contributed by atoms with E-state index in [-0.39, 0.29) is 11.4 Å². The van der Waals surface area contributed by atoms with Gasteiger partial charge in [-0.25, -0.2) is 0 Å². The summed E-state index contributed by atoms with van der Waals surface area (Å²) < 4.78 is 49.1. The molecular weight excluding hydrogens is 271 g/mol. The molecule has 20 heavy (non-hydrogen) atoms. The van der Waals surface area contributed by atoms with Gasteiger partial charge >= 0.3 is 6.18 Å². The van der Waals surface area contributed by atoms with Gasteiger partial charge in [0.15, 0.2) is 0 Å². The van der Waals surface area contributed by atoms with Crippen LogP contribution < -0.4 is 10.1 Å². The number of hydrogen-bond donors (Lipinski definition) is 1. The molecule has 0 aliphatic carbocycles. The third kappa shape index (κ3) is 3.79. The van der Waals surface area contributed by atoms with Crippen molar-refractivity contribution >= 4 is 5.69 Å². The molecule has 3 nitrogen and oxygen atoms in total. The quantitative estimate of drug-likeness (QED) is 0.919. The van der Waals surface area contributed by atoms with Gasteiger partial charge in [0.25, 0.3) is 0 Å². The molecule has 1 heterocycles. The summed E-state index contributed by atoms with van der Waals surface area (Å²) in [7, 11) is 1.35. The Morgan fingerprint density at radius 1 is 1.30 bits per heavy atom. The van der Waals surface area contributed by atoms with Crippen LogP contribution in [0.15, 0.2) is 18.2 Å². The third-order valence-corrected chi connectivity index (χ3v) is 3.45. The summed E-state index contributed by atoms with van der Waals surface area (Å²) in [6.45, 7) is 1.89. The van der Waals surface area contributed by atoms with E-state index in [1.54, 1.807) is 0 Å². The van der Waals surface area contributed by atoms with Crippen molar-refractivity contribution in [2.24, 2.45) is 5.92 Å². The summed E-state index contributed by atoms with van der Waals surface area (Å²) in [5, 5.41) is 2.91. The van der Waals surface area contributed by atoms with E-state index in [4.69, 9.17) is 9.47 Å². The number of ether oxygens (including phenoxy) is 2. The Bertz CT molecular complexity index is 443. The predicted molar refractivity (Wildman–Crippen MR) is 70.0 cm³/mol. The molecule has 1 aliphatic rings. The lowest BCUT2D eigenvalue weighted by Gasteiger charge is -2.24. The molecule has 1 aromatic rings. The maximum Gasteiger partial charge on any atom is 0.418 e. The zero-order chi connectivity index (χ0) is 14.6. The Hall–Kier alpha value is -1.43.